The quantitative estimate of drug-likeness (QED) is 0.659. The summed E-state index contributed by atoms with van der Waals surface area (Å²) in [5.74, 6) is 0.971. The van der Waals surface area contributed by atoms with Gasteiger partial charge >= 0.3 is 0 Å². The first kappa shape index (κ1) is 17.8. The maximum Gasteiger partial charge on any atom is 0.266 e. The highest BCUT2D eigenvalue weighted by Crippen LogP contribution is 2.35. The normalized spacial score (nSPS) is 14.8. The van der Waals surface area contributed by atoms with E-state index in [1.165, 1.54) is 6.42 Å². The van der Waals surface area contributed by atoms with E-state index in [0.29, 0.717) is 23.4 Å². The number of aromatic nitrogens is 4. The molecule has 8 heteroatoms. The Labute approximate surface area is 150 Å². The first-order valence-corrected chi connectivity index (χ1v) is 8.46. The Hall–Kier alpha value is -3.00. The third kappa shape index (κ3) is 4.15. The molecule has 8 nitrogen and oxygen atoms in total. The number of nitrogens with two attached hydrogens (primary N) is 1. The van der Waals surface area contributed by atoms with E-state index >= 15 is 0 Å². The van der Waals surface area contributed by atoms with Gasteiger partial charge in [0.1, 0.15) is 11.8 Å². The van der Waals surface area contributed by atoms with Crippen molar-refractivity contribution in [3.63, 3.8) is 0 Å². The highest BCUT2D eigenvalue weighted by molar-refractivity contribution is 5.91. The second kappa shape index (κ2) is 7.92. The maximum atomic E-state index is 10.8. The Morgan fingerprint density at radius 1 is 1.31 bits per heavy atom. The minimum atomic E-state index is -0.647. The molecule has 1 aromatic carbocycles. The van der Waals surface area contributed by atoms with Gasteiger partial charge in [0.05, 0.1) is 5.69 Å². The van der Waals surface area contributed by atoms with E-state index in [9.17, 15) is 4.79 Å². The molecule has 0 spiro atoms. The van der Waals surface area contributed by atoms with Gasteiger partial charge in [-0.15, -0.1) is 10.2 Å². The van der Waals surface area contributed by atoms with Gasteiger partial charge in [0.25, 0.3) is 5.91 Å². The first-order valence-electron chi connectivity index (χ1n) is 8.46. The lowest BCUT2D eigenvalue weighted by Crippen LogP contribution is -2.10. The number of nitrogens with zero attached hydrogens (tertiary/aromatic N) is 3. The average Bonchev–Trinajstić information content (AvgIpc) is 3.24. The van der Waals surface area contributed by atoms with Crippen LogP contribution in [-0.2, 0) is 0 Å². The second-order valence-electron chi connectivity index (χ2n) is 6.18. The summed E-state index contributed by atoms with van der Waals surface area (Å²) >= 11 is 0. The molecule has 26 heavy (non-hydrogen) atoms. The van der Waals surface area contributed by atoms with Gasteiger partial charge in [-0.3, -0.25) is 9.89 Å². The molecule has 1 unspecified atom stereocenters. The molecular formula is C18H21N5O3. The summed E-state index contributed by atoms with van der Waals surface area (Å²) in [6, 6.07) is 11.2. The monoisotopic (exact) mass is 355 g/mol. The summed E-state index contributed by atoms with van der Waals surface area (Å²) in [5, 5.41) is 23.3. The summed E-state index contributed by atoms with van der Waals surface area (Å²) in [7, 11) is 0. The van der Waals surface area contributed by atoms with Crippen LogP contribution in [0, 0.1) is 0 Å². The molecule has 136 valence electrons. The zero-order chi connectivity index (χ0) is 18.5. The lowest BCUT2D eigenvalue weighted by molar-refractivity contribution is 0.0995. The molecule has 1 fully saturated rings. The van der Waals surface area contributed by atoms with Crippen molar-refractivity contribution in [3.05, 3.63) is 53.9 Å². The number of aromatic amines is 1. The number of rotatable bonds is 4. The lowest BCUT2D eigenvalue weighted by atomic mass is 9.85. The van der Waals surface area contributed by atoms with Crippen molar-refractivity contribution >= 4 is 5.91 Å². The fraction of sp³-hybridized carbons (Fsp3) is 0.333. The highest BCUT2D eigenvalue weighted by Gasteiger charge is 2.25. The minimum absolute atomic E-state index is 0.323. The molecular weight excluding hydrogens is 334 g/mol. The number of carbonyl (C=O) groups excluding carboxylic acids is 1. The molecule has 0 aliphatic heterocycles. The molecule has 2 aromatic heterocycles. The van der Waals surface area contributed by atoms with E-state index in [2.05, 4.69) is 20.4 Å². The van der Waals surface area contributed by atoms with Crippen molar-refractivity contribution in [1.29, 1.82) is 0 Å². The third-order valence-corrected chi connectivity index (χ3v) is 4.18. The molecule has 0 saturated heterocycles. The smallest absolute Gasteiger partial charge is 0.266 e. The van der Waals surface area contributed by atoms with Crippen LogP contribution in [0.15, 0.2) is 40.8 Å². The maximum absolute atomic E-state index is 10.8. The zero-order valence-electron chi connectivity index (χ0n) is 14.4. The molecule has 0 radical (unpaired) electrons. The van der Waals surface area contributed by atoms with Crippen molar-refractivity contribution in [2.75, 3.05) is 0 Å². The van der Waals surface area contributed by atoms with E-state index in [1.54, 1.807) is 13.0 Å². The number of nitrogens with one attached hydrogen (secondary N) is 1. The number of aliphatic hydroxyl groups excluding tert-OH is 1. The number of aliphatic hydroxyl groups is 1. The average molecular weight is 355 g/mol. The number of carbonyl (C=O) groups is 1. The number of hydrogen-bond acceptors (Lipinski definition) is 6. The van der Waals surface area contributed by atoms with Crippen LogP contribution in [0.25, 0.3) is 11.3 Å². The minimum Gasteiger partial charge on any atom is -0.422 e. The largest absolute Gasteiger partial charge is 0.422 e. The summed E-state index contributed by atoms with van der Waals surface area (Å²) < 4.78 is 5.28. The SMILES string of the molecule is CC(O)c1nnc(C2CCC2)o1.NC(=O)c1cc(-c2ccccc2)n[nH]1. The van der Waals surface area contributed by atoms with Crippen LogP contribution >= 0.6 is 0 Å². The van der Waals surface area contributed by atoms with Gasteiger partial charge in [0.15, 0.2) is 0 Å². The predicted octanol–water partition coefficient (Wildman–Crippen LogP) is 2.57. The Morgan fingerprint density at radius 3 is 2.54 bits per heavy atom. The van der Waals surface area contributed by atoms with Crippen molar-refractivity contribution < 1.29 is 14.3 Å². The van der Waals surface area contributed by atoms with Crippen LogP contribution in [0.1, 0.15) is 60.5 Å². The fourth-order valence-electron chi connectivity index (χ4n) is 2.44. The zero-order valence-corrected chi connectivity index (χ0v) is 14.4. The van der Waals surface area contributed by atoms with Crippen LogP contribution in [0.2, 0.25) is 0 Å². The van der Waals surface area contributed by atoms with Gasteiger partial charge in [-0.2, -0.15) is 5.10 Å². The van der Waals surface area contributed by atoms with Crippen LogP contribution in [-0.4, -0.2) is 31.4 Å². The molecule has 4 rings (SSSR count). The topological polar surface area (TPSA) is 131 Å². The summed E-state index contributed by atoms with van der Waals surface area (Å²) in [5.41, 5.74) is 7.09. The number of hydrogen-bond donors (Lipinski definition) is 3. The van der Waals surface area contributed by atoms with Gasteiger partial charge in [-0.25, -0.2) is 0 Å². The molecule has 1 saturated carbocycles. The summed E-state index contributed by atoms with van der Waals surface area (Å²) in [4.78, 5) is 10.8. The van der Waals surface area contributed by atoms with Crippen LogP contribution in [0.5, 0.6) is 0 Å². The van der Waals surface area contributed by atoms with Gasteiger partial charge in [0, 0.05) is 11.5 Å². The van der Waals surface area contributed by atoms with E-state index in [4.69, 9.17) is 15.3 Å². The highest BCUT2D eigenvalue weighted by atomic mass is 16.4. The third-order valence-electron chi connectivity index (χ3n) is 4.18. The molecule has 4 N–H and O–H groups in total. The number of amides is 1. The van der Waals surface area contributed by atoms with Crippen molar-refractivity contribution in [2.45, 2.75) is 38.2 Å². The fourth-order valence-corrected chi connectivity index (χ4v) is 2.44. The summed E-state index contributed by atoms with van der Waals surface area (Å²) in [6.07, 6.45) is 2.88. The Kier molecular flexibility index (Phi) is 5.43. The Bertz CT molecular complexity index is 853. The summed E-state index contributed by atoms with van der Waals surface area (Å²) in [6.45, 7) is 1.62. The van der Waals surface area contributed by atoms with Crippen LogP contribution in [0.4, 0.5) is 0 Å². The second-order valence-corrected chi connectivity index (χ2v) is 6.18. The first-order chi connectivity index (χ1) is 12.5. The van der Waals surface area contributed by atoms with E-state index in [-0.39, 0.29) is 0 Å². The molecule has 1 aliphatic rings. The van der Waals surface area contributed by atoms with E-state index in [0.717, 1.165) is 24.1 Å². The van der Waals surface area contributed by atoms with Gasteiger partial charge in [-0.05, 0) is 25.8 Å². The van der Waals surface area contributed by atoms with Crippen LogP contribution in [0.3, 0.4) is 0 Å². The lowest BCUT2D eigenvalue weighted by Gasteiger charge is -2.20. The van der Waals surface area contributed by atoms with E-state index < -0.39 is 12.0 Å². The molecule has 1 aliphatic carbocycles. The van der Waals surface area contributed by atoms with Crippen molar-refractivity contribution in [1.82, 2.24) is 20.4 Å². The van der Waals surface area contributed by atoms with Gasteiger partial charge in [0.2, 0.25) is 11.8 Å². The Morgan fingerprint density at radius 2 is 2.04 bits per heavy atom. The van der Waals surface area contributed by atoms with Crippen molar-refractivity contribution in [2.24, 2.45) is 5.73 Å². The van der Waals surface area contributed by atoms with Gasteiger partial charge < -0.3 is 15.3 Å². The molecule has 0 bridgehead atoms. The number of H-pyrrole nitrogens is 1. The standard InChI is InChI=1S/C10H9N3O.C8H12N2O2/c11-10(14)9-6-8(12-13-9)7-4-2-1-3-5-7;1-5(11)7-9-10-8(12-7)6-3-2-4-6/h1-6H,(H2,11,14)(H,12,13);5-6,11H,2-4H2,1H3. The van der Waals surface area contributed by atoms with Crippen LogP contribution < -0.4 is 5.73 Å². The molecule has 3 aromatic rings. The van der Waals surface area contributed by atoms with Crippen molar-refractivity contribution in [3.8, 4) is 11.3 Å². The number of primary amides is 1. The van der Waals surface area contributed by atoms with Gasteiger partial charge in [-0.1, -0.05) is 36.8 Å². The number of benzene rings is 1. The molecule has 2 heterocycles. The Balaban J connectivity index is 0.000000152. The molecule has 1 amide bonds. The molecule has 1 atom stereocenters. The van der Waals surface area contributed by atoms with E-state index in [1.807, 2.05) is 30.3 Å². The predicted molar refractivity (Wildman–Crippen MR) is 94.1 cm³/mol.